The molecule has 1 unspecified atom stereocenters. The van der Waals surface area contributed by atoms with Crippen LogP contribution < -0.4 is 15.6 Å². The molecule has 0 aliphatic carbocycles. The summed E-state index contributed by atoms with van der Waals surface area (Å²) in [5.74, 6) is 0.848. The first kappa shape index (κ1) is 40.5. The molecule has 58 heavy (non-hydrogen) atoms. The molecule has 0 spiro atoms. The number of hydrogen-bond acceptors (Lipinski definition) is 8. The number of phenols is 1. The number of pyridine rings is 1. The van der Waals surface area contributed by atoms with Gasteiger partial charge in [-0.3, -0.25) is 14.5 Å². The van der Waals surface area contributed by atoms with Gasteiger partial charge in [-0.05, 0) is 117 Å². The number of aromatic amines is 1. The largest absolute Gasteiger partial charge is 0.506 e. The highest BCUT2D eigenvalue weighted by atomic mass is 16.5. The molecule has 4 heterocycles. The number of fused-ring (bicyclic) bond motifs is 4. The van der Waals surface area contributed by atoms with Crippen LogP contribution in [0.4, 0.5) is 4.79 Å². The average Bonchev–Trinajstić information content (AvgIpc) is 3.24. The molecule has 8 rings (SSSR count). The summed E-state index contributed by atoms with van der Waals surface area (Å²) in [6.45, 7) is 8.40. The Kier molecular flexibility index (Phi) is 12.8. The molecule has 0 radical (unpaired) electrons. The maximum Gasteiger partial charge on any atom is 0.408 e. The van der Waals surface area contributed by atoms with Gasteiger partial charge in [-0.1, -0.05) is 60.7 Å². The zero-order valence-corrected chi connectivity index (χ0v) is 33.1. The first-order valence-corrected chi connectivity index (χ1v) is 20.2. The number of hydrogen-bond donors (Lipinski definition) is 5. The van der Waals surface area contributed by atoms with Crippen molar-refractivity contribution >= 4 is 22.9 Å². The number of aliphatic hydroxyl groups excluding tert-OH is 1. The van der Waals surface area contributed by atoms with Crippen LogP contribution in [0.15, 0.2) is 108 Å². The summed E-state index contributed by atoms with van der Waals surface area (Å²) in [6.07, 6.45) is 0.906. The normalized spacial score (nSPS) is 18.5. The molecule has 3 saturated heterocycles. The van der Waals surface area contributed by atoms with Crippen LogP contribution in [-0.2, 0) is 6.61 Å². The van der Waals surface area contributed by atoms with Crippen LogP contribution in [0.25, 0.3) is 10.9 Å². The monoisotopic (exact) mass is 787 g/mol. The zero-order chi connectivity index (χ0) is 40.8. The van der Waals surface area contributed by atoms with Gasteiger partial charge in [0.1, 0.15) is 18.1 Å². The van der Waals surface area contributed by atoms with Crippen LogP contribution in [-0.4, -0.2) is 98.4 Å². The Balaban J connectivity index is 0.948. The van der Waals surface area contributed by atoms with E-state index in [4.69, 9.17) is 4.74 Å². The molecule has 3 aliphatic rings. The fourth-order valence-electron chi connectivity index (χ4n) is 8.56. The molecule has 3 atom stereocenters. The summed E-state index contributed by atoms with van der Waals surface area (Å²) in [5.41, 5.74) is 3.80. The van der Waals surface area contributed by atoms with Crippen molar-refractivity contribution in [2.75, 3.05) is 39.3 Å². The summed E-state index contributed by atoms with van der Waals surface area (Å²) >= 11 is 0. The van der Waals surface area contributed by atoms with Crippen molar-refractivity contribution in [3.8, 4) is 11.5 Å². The van der Waals surface area contributed by atoms with Gasteiger partial charge in [0, 0.05) is 42.7 Å². The number of benzene rings is 4. The number of H-pyrrole nitrogens is 1. The van der Waals surface area contributed by atoms with Gasteiger partial charge in [0.2, 0.25) is 5.56 Å². The molecule has 304 valence electrons. The highest BCUT2D eigenvalue weighted by Crippen LogP contribution is 2.39. The van der Waals surface area contributed by atoms with Crippen molar-refractivity contribution in [3.05, 3.63) is 141 Å². The molecule has 3 aliphatic heterocycles. The highest BCUT2D eigenvalue weighted by molar-refractivity contribution is 5.94. The lowest BCUT2D eigenvalue weighted by Gasteiger charge is -2.50. The predicted octanol–water partition coefficient (Wildman–Crippen LogP) is 6.54. The zero-order valence-electron chi connectivity index (χ0n) is 33.1. The molecule has 0 saturated carbocycles. The minimum Gasteiger partial charge on any atom is -0.506 e. The number of phenolic OH excluding ortho intramolecular Hbond substituents is 1. The van der Waals surface area contributed by atoms with Crippen molar-refractivity contribution < 1.29 is 29.6 Å². The molecule has 5 N–H and O–H groups in total. The fraction of sp³-hybridized carbons (Fsp3) is 0.370. The molecule has 5 aromatic rings. The quantitative estimate of drug-likeness (QED) is 0.0701. The summed E-state index contributed by atoms with van der Waals surface area (Å²) in [5, 5.41) is 35.6. The Hall–Kier alpha value is -5.69. The van der Waals surface area contributed by atoms with Crippen LogP contribution in [0, 0.1) is 5.92 Å². The topological polar surface area (TPSA) is 159 Å². The van der Waals surface area contributed by atoms with E-state index in [0.717, 1.165) is 49.2 Å². The number of aromatic hydroxyl groups is 1. The van der Waals surface area contributed by atoms with Crippen molar-refractivity contribution in [2.24, 2.45) is 5.92 Å². The van der Waals surface area contributed by atoms with E-state index in [9.17, 15) is 29.7 Å². The number of nitrogens with one attached hydrogen (secondary N) is 2. The molecular weight excluding hydrogens is 735 g/mol. The maximum atomic E-state index is 13.6. The van der Waals surface area contributed by atoms with Gasteiger partial charge < -0.3 is 40.2 Å². The summed E-state index contributed by atoms with van der Waals surface area (Å²) in [6, 6.07) is 30.5. The minimum absolute atomic E-state index is 0.0265. The number of carboxylic acid groups (broad SMARTS) is 1. The van der Waals surface area contributed by atoms with Crippen LogP contribution in [0.5, 0.6) is 11.5 Å². The van der Waals surface area contributed by atoms with Gasteiger partial charge in [-0.25, -0.2) is 4.79 Å². The standard InChI is InChI=1S/C46H53N5O7/c1-30(2)50(23-7-22-47-27-41(53)37-16-18-40(52)43-38(37)17-19-42(54)48-43)45(55)34-14-12-31(13-15-34)29-58-36-11-6-10-35(26-36)44(33-8-4-3-5-9-33)51(46(56)57)39-28-49-24-20-32(39)21-25-49/h3-6,8-19,26,30,32,39,41,44,47,52-53H,7,20-25,27-29H2,1-2H3,(H,48,54)(H,56,57)/t39-,41-,44?/m0/s1. The number of piperidine rings is 3. The van der Waals surface area contributed by atoms with Crippen molar-refractivity contribution in [1.29, 1.82) is 0 Å². The third kappa shape index (κ3) is 9.20. The van der Waals surface area contributed by atoms with Gasteiger partial charge in [0.25, 0.3) is 5.91 Å². The third-order valence-electron chi connectivity index (χ3n) is 11.6. The first-order valence-electron chi connectivity index (χ1n) is 20.2. The molecule has 12 heteroatoms. The lowest BCUT2D eigenvalue weighted by atomic mass is 9.81. The Morgan fingerprint density at radius 3 is 2.36 bits per heavy atom. The second-order valence-electron chi connectivity index (χ2n) is 15.7. The Bertz CT molecular complexity index is 2240. The number of aromatic nitrogens is 1. The van der Waals surface area contributed by atoms with E-state index in [1.165, 1.54) is 12.1 Å². The number of rotatable bonds is 16. The minimum atomic E-state index is -0.918. The van der Waals surface area contributed by atoms with E-state index in [-0.39, 0.29) is 42.5 Å². The highest BCUT2D eigenvalue weighted by Gasteiger charge is 2.43. The predicted molar refractivity (Wildman–Crippen MR) is 223 cm³/mol. The second kappa shape index (κ2) is 18.3. The fourth-order valence-corrected chi connectivity index (χ4v) is 8.56. The molecule has 1 aromatic heterocycles. The summed E-state index contributed by atoms with van der Waals surface area (Å²) < 4.78 is 6.27. The van der Waals surface area contributed by atoms with E-state index in [0.29, 0.717) is 53.2 Å². The van der Waals surface area contributed by atoms with Crippen LogP contribution in [0.3, 0.4) is 0 Å². The number of carbonyl (C=O) groups is 2. The van der Waals surface area contributed by atoms with E-state index >= 15 is 0 Å². The lowest BCUT2D eigenvalue weighted by Crippen LogP contribution is -2.59. The van der Waals surface area contributed by atoms with Crippen molar-refractivity contribution in [2.45, 2.75) is 63.9 Å². The molecule has 2 amide bonds. The number of ether oxygens (including phenoxy) is 1. The van der Waals surface area contributed by atoms with Gasteiger partial charge in [0.05, 0.1) is 23.7 Å². The number of aliphatic hydroxyl groups is 1. The van der Waals surface area contributed by atoms with Crippen molar-refractivity contribution in [1.82, 2.24) is 25.0 Å². The van der Waals surface area contributed by atoms with Crippen molar-refractivity contribution in [3.63, 3.8) is 0 Å². The molecule has 3 fully saturated rings. The summed E-state index contributed by atoms with van der Waals surface area (Å²) in [4.78, 5) is 46.9. The van der Waals surface area contributed by atoms with Gasteiger partial charge in [0.15, 0.2) is 0 Å². The maximum absolute atomic E-state index is 13.6. The smallest absolute Gasteiger partial charge is 0.408 e. The molecular formula is C46H53N5O7. The number of carbonyl (C=O) groups excluding carboxylic acids is 1. The first-order chi connectivity index (χ1) is 28.1. The SMILES string of the molecule is CC(C)N(CCCNC[C@H](O)c1ccc(O)c2[nH]c(=O)ccc12)C(=O)c1ccc(COc2cccc(C(c3ccccc3)N(C(=O)O)[C@H]3CN4CCC3CC4)c2)cc1. The number of amides is 2. The average molecular weight is 788 g/mol. The summed E-state index contributed by atoms with van der Waals surface area (Å²) in [7, 11) is 0. The van der Waals surface area contributed by atoms with Crippen LogP contribution in [0.1, 0.15) is 77.9 Å². The van der Waals surface area contributed by atoms with E-state index < -0.39 is 18.2 Å². The van der Waals surface area contributed by atoms with E-state index in [2.05, 4.69) is 15.2 Å². The van der Waals surface area contributed by atoms with Crippen LogP contribution >= 0.6 is 0 Å². The Morgan fingerprint density at radius 2 is 1.67 bits per heavy atom. The van der Waals surface area contributed by atoms with Crippen LogP contribution in [0.2, 0.25) is 0 Å². The van der Waals surface area contributed by atoms with Gasteiger partial charge in [-0.15, -0.1) is 0 Å². The molecule has 12 nitrogen and oxygen atoms in total. The Morgan fingerprint density at radius 1 is 0.931 bits per heavy atom. The lowest BCUT2D eigenvalue weighted by molar-refractivity contribution is -0.000814. The second-order valence-corrected chi connectivity index (χ2v) is 15.7. The van der Waals surface area contributed by atoms with Gasteiger partial charge >= 0.3 is 6.09 Å². The third-order valence-corrected chi connectivity index (χ3v) is 11.6. The Labute approximate surface area is 338 Å². The number of nitrogens with zero attached hydrogens (tertiary/aromatic N) is 3. The molecule has 4 aromatic carbocycles. The van der Waals surface area contributed by atoms with E-state index in [1.807, 2.05) is 97.6 Å². The van der Waals surface area contributed by atoms with E-state index in [1.54, 1.807) is 17.0 Å². The van der Waals surface area contributed by atoms with Gasteiger partial charge in [-0.2, -0.15) is 0 Å². The molecule has 2 bridgehead atoms.